The zero-order chi connectivity index (χ0) is 15.5. The molecule has 1 atom stereocenters. The standard InChI is InChI=1S/C16H34N2O2/c1-13(2)12-18(10-11-20-5)16(19)7-6-15(8-9-17)14(3)4/h13-15H,6-12,17H2,1-5H3. The predicted octanol–water partition coefficient (Wildman–Crippen LogP) is 2.52. The lowest BCUT2D eigenvalue weighted by Crippen LogP contribution is -2.37. The van der Waals surface area contributed by atoms with E-state index in [0.29, 0.717) is 43.9 Å². The van der Waals surface area contributed by atoms with Crippen LogP contribution in [0.15, 0.2) is 0 Å². The molecule has 1 unspecified atom stereocenters. The number of hydrogen-bond donors (Lipinski definition) is 1. The Morgan fingerprint density at radius 1 is 1.20 bits per heavy atom. The fourth-order valence-electron chi connectivity index (χ4n) is 2.45. The zero-order valence-corrected chi connectivity index (χ0v) is 14.0. The van der Waals surface area contributed by atoms with E-state index < -0.39 is 0 Å². The quantitative estimate of drug-likeness (QED) is 0.635. The third kappa shape index (κ3) is 8.54. The monoisotopic (exact) mass is 286 g/mol. The lowest BCUT2D eigenvalue weighted by atomic mass is 9.88. The van der Waals surface area contributed by atoms with E-state index in [4.69, 9.17) is 10.5 Å². The van der Waals surface area contributed by atoms with Crippen LogP contribution in [0, 0.1) is 17.8 Å². The third-order valence-electron chi connectivity index (χ3n) is 3.71. The SMILES string of the molecule is COCCN(CC(C)C)C(=O)CCC(CCN)C(C)C. The summed E-state index contributed by atoms with van der Waals surface area (Å²) in [4.78, 5) is 14.3. The summed E-state index contributed by atoms with van der Waals surface area (Å²) in [5.74, 6) is 1.87. The summed E-state index contributed by atoms with van der Waals surface area (Å²) in [5, 5.41) is 0. The van der Waals surface area contributed by atoms with Crippen molar-refractivity contribution in [1.82, 2.24) is 4.90 Å². The molecule has 0 aromatic heterocycles. The molecule has 0 heterocycles. The summed E-state index contributed by atoms with van der Waals surface area (Å²) in [6, 6.07) is 0. The minimum Gasteiger partial charge on any atom is -0.383 e. The highest BCUT2D eigenvalue weighted by Crippen LogP contribution is 2.21. The van der Waals surface area contributed by atoms with Crippen molar-refractivity contribution in [2.75, 3.05) is 33.4 Å². The van der Waals surface area contributed by atoms with E-state index in [9.17, 15) is 4.79 Å². The molecule has 2 N–H and O–H groups in total. The van der Waals surface area contributed by atoms with Crippen LogP contribution >= 0.6 is 0 Å². The molecule has 4 nitrogen and oxygen atoms in total. The lowest BCUT2D eigenvalue weighted by molar-refractivity contribution is -0.132. The predicted molar refractivity (Wildman–Crippen MR) is 84.5 cm³/mol. The minimum absolute atomic E-state index is 0.249. The topological polar surface area (TPSA) is 55.6 Å². The molecule has 120 valence electrons. The van der Waals surface area contributed by atoms with Crippen molar-refractivity contribution in [3.8, 4) is 0 Å². The van der Waals surface area contributed by atoms with Gasteiger partial charge in [-0.15, -0.1) is 0 Å². The van der Waals surface area contributed by atoms with E-state index in [1.54, 1.807) is 7.11 Å². The first-order valence-electron chi connectivity index (χ1n) is 7.89. The first-order valence-corrected chi connectivity index (χ1v) is 7.89. The molecule has 0 aliphatic carbocycles. The Hall–Kier alpha value is -0.610. The van der Waals surface area contributed by atoms with E-state index in [1.165, 1.54) is 0 Å². The average Bonchev–Trinajstić information content (AvgIpc) is 2.38. The van der Waals surface area contributed by atoms with Crippen LogP contribution in [-0.2, 0) is 9.53 Å². The molecule has 0 aliphatic heterocycles. The Balaban J connectivity index is 4.34. The van der Waals surface area contributed by atoms with E-state index in [1.807, 2.05) is 4.90 Å². The van der Waals surface area contributed by atoms with E-state index in [2.05, 4.69) is 27.7 Å². The molecule has 0 aliphatic rings. The van der Waals surface area contributed by atoms with Gasteiger partial charge in [0.05, 0.1) is 6.61 Å². The van der Waals surface area contributed by atoms with Gasteiger partial charge in [0.15, 0.2) is 0 Å². The van der Waals surface area contributed by atoms with Gasteiger partial charge in [-0.3, -0.25) is 4.79 Å². The molecule has 0 fully saturated rings. The number of amides is 1. The second-order valence-corrected chi connectivity index (χ2v) is 6.35. The molecule has 0 bridgehead atoms. The molecule has 0 radical (unpaired) electrons. The number of rotatable bonds is 11. The number of nitrogens with zero attached hydrogens (tertiary/aromatic N) is 1. The highest BCUT2D eigenvalue weighted by Gasteiger charge is 2.18. The van der Waals surface area contributed by atoms with Gasteiger partial charge in [-0.1, -0.05) is 27.7 Å². The number of carbonyl (C=O) groups excluding carboxylic acids is 1. The third-order valence-corrected chi connectivity index (χ3v) is 3.71. The molecule has 1 amide bonds. The van der Waals surface area contributed by atoms with Gasteiger partial charge in [-0.25, -0.2) is 0 Å². The first-order chi connectivity index (χ1) is 9.42. The second kappa shape index (κ2) is 11.1. The van der Waals surface area contributed by atoms with Crippen molar-refractivity contribution in [1.29, 1.82) is 0 Å². The highest BCUT2D eigenvalue weighted by atomic mass is 16.5. The van der Waals surface area contributed by atoms with Crippen LogP contribution in [-0.4, -0.2) is 44.2 Å². The molecular formula is C16H34N2O2. The van der Waals surface area contributed by atoms with Gasteiger partial charge in [0.25, 0.3) is 0 Å². The van der Waals surface area contributed by atoms with Gasteiger partial charge in [-0.05, 0) is 37.1 Å². The number of nitrogens with two attached hydrogens (primary N) is 1. The van der Waals surface area contributed by atoms with Crippen LogP contribution in [0.2, 0.25) is 0 Å². The van der Waals surface area contributed by atoms with Crippen molar-refractivity contribution in [2.45, 2.75) is 47.0 Å². The van der Waals surface area contributed by atoms with Crippen LogP contribution < -0.4 is 5.73 Å². The van der Waals surface area contributed by atoms with Gasteiger partial charge in [0.2, 0.25) is 5.91 Å². The largest absolute Gasteiger partial charge is 0.383 e. The Morgan fingerprint density at radius 3 is 2.30 bits per heavy atom. The van der Waals surface area contributed by atoms with Crippen molar-refractivity contribution < 1.29 is 9.53 Å². The molecule has 0 aromatic carbocycles. The van der Waals surface area contributed by atoms with Gasteiger partial charge in [0, 0.05) is 26.6 Å². The molecule has 4 heteroatoms. The molecule has 20 heavy (non-hydrogen) atoms. The van der Waals surface area contributed by atoms with Crippen LogP contribution in [0.1, 0.15) is 47.0 Å². The van der Waals surface area contributed by atoms with Crippen LogP contribution in [0.25, 0.3) is 0 Å². The van der Waals surface area contributed by atoms with E-state index in [-0.39, 0.29) is 5.91 Å². The van der Waals surface area contributed by atoms with Crippen LogP contribution in [0.5, 0.6) is 0 Å². The normalized spacial score (nSPS) is 13.0. The smallest absolute Gasteiger partial charge is 0.222 e. The second-order valence-electron chi connectivity index (χ2n) is 6.35. The Labute approximate surface area is 125 Å². The van der Waals surface area contributed by atoms with Crippen LogP contribution in [0.3, 0.4) is 0 Å². The number of methoxy groups -OCH3 is 1. The lowest BCUT2D eigenvalue weighted by Gasteiger charge is -2.26. The summed E-state index contributed by atoms with van der Waals surface area (Å²) < 4.78 is 5.10. The van der Waals surface area contributed by atoms with Crippen molar-refractivity contribution in [2.24, 2.45) is 23.5 Å². The molecule has 0 saturated heterocycles. The molecule has 0 aromatic rings. The van der Waals surface area contributed by atoms with Gasteiger partial charge in [-0.2, -0.15) is 0 Å². The molecule has 0 spiro atoms. The van der Waals surface area contributed by atoms with E-state index in [0.717, 1.165) is 19.4 Å². The maximum absolute atomic E-state index is 12.4. The van der Waals surface area contributed by atoms with Crippen LogP contribution in [0.4, 0.5) is 0 Å². The molecule has 0 rings (SSSR count). The summed E-state index contributed by atoms with van der Waals surface area (Å²) in [5.41, 5.74) is 5.65. The average molecular weight is 286 g/mol. The highest BCUT2D eigenvalue weighted by molar-refractivity contribution is 5.76. The summed E-state index contributed by atoms with van der Waals surface area (Å²) in [6.45, 7) is 11.5. The van der Waals surface area contributed by atoms with E-state index >= 15 is 0 Å². The number of hydrogen-bond acceptors (Lipinski definition) is 3. The van der Waals surface area contributed by atoms with Crippen molar-refractivity contribution in [3.05, 3.63) is 0 Å². The Morgan fingerprint density at radius 2 is 1.85 bits per heavy atom. The number of carbonyl (C=O) groups is 1. The van der Waals surface area contributed by atoms with Gasteiger partial charge < -0.3 is 15.4 Å². The minimum atomic E-state index is 0.249. The van der Waals surface area contributed by atoms with Gasteiger partial charge in [0.1, 0.15) is 0 Å². The fraction of sp³-hybridized carbons (Fsp3) is 0.938. The molecule has 0 saturated carbocycles. The van der Waals surface area contributed by atoms with Gasteiger partial charge >= 0.3 is 0 Å². The maximum Gasteiger partial charge on any atom is 0.222 e. The maximum atomic E-state index is 12.4. The summed E-state index contributed by atoms with van der Waals surface area (Å²) in [7, 11) is 1.67. The fourth-order valence-corrected chi connectivity index (χ4v) is 2.45. The zero-order valence-electron chi connectivity index (χ0n) is 14.0. The van der Waals surface area contributed by atoms with Crippen molar-refractivity contribution in [3.63, 3.8) is 0 Å². The first kappa shape index (κ1) is 19.4. The Bertz CT molecular complexity index is 255. The summed E-state index contributed by atoms with van der Waals surface area (Å²) >= 11 is 0. The molecular weight excluding hydrogens is 252 g/mol. The van der Waals surface area contributed by atoms with Crippen molar-refractivity contribution >= 4 is 5.91 Å². The number of ether oxygens (including phenoxy) is 1. The summed E-state index contributed by atoms with van der Waals surface area (Å²) in [6.07, 6.45) is 2.57. The Kier molecular flexibility index (Phi) is 10.8.